The van der Waals surface area contributed by atoms with Crippen LogP contribution in [0.25, 0.3) is 0 Å². The van der Waals surface area contributed by atoms with E-state index in [9.17, 15) is 4.79 Å². The van der Waals surface area contributed by atoms with Gasteiger partial charge in [0.05, 0.1) is 0 Å². The molecule has 0 aliphatic heterocycles. The first-order valence-electron chi connectivity index (χ1n) is 7.59. The van der Waals surface area contributed by atoms with Crippen molar-refractivity contribution >= 4 is 5.91 Å². The Bertz CT molecular complexity index is 223. The van der Waals surface area contributed by atoms with Crippen molar-refractivity contribution in [3.05, 3.63) is 0 Å². The van der Waals surface area contributed by atoms with Gasteiger partial charge in [-0.1, -0.05) is 60.3 Å². The predicted molar refractivity (Wildman–Crippen MR) is 79.6 cm³/mol. The van der Waals surface area contributed by atoms with Gasteiger partial charge in [-0.2, -0.15) is 0 Å². The van der Waals surface area contributed by atoms with Gasteiger partial charge in [0.2, 0.25) is 5.91 Å². The van der Waals surface area contributed by atoms with E-state index >= 15 is 0 Å². The van der Waals surface area contributed by atoms with Crippen LogP contribution in [-0.2, 0) is 4.79 Å². The zero-order valence-corrected chi connectivity index (χ0v) is 13.3. The third-order valence-corrected chi connectivity index (χ3v) is 3.36. The largest absolute Gasteiger partial charge is 0.345 e. The molecule has 0 N–H and O–H groups in total. The quantitative estimate of drug-likeness (QED) is 0.561. The monoisotopic (exact) mass is 255 g/mol. The van der Waals surface area contributed by atoms with Gasteiger partial charge in [-0.25, -0.2) is 0 Å². The molecule has 0 heterocycles. The lowest BCUT2D eigenvalue weighted by atomic mass is 9.99. The van der Waals surface area contributed by atoms with E-state index in [4.69, 9.17) is 0 Å². The number of unbranched alkanes of at least 4 members (excludes halogenated alkanes) is 2. The van der Waals surface area contributed by atoms with Crippen molar-refractivity contribution in [2.45, 2.75) is 66.7 Å². The molecule has 0 aromatic rings. The fraction of sp³-hybridized carbons (Fsp3) is 0.938. The number of rotatable bonds is 9. The maximum absolute atomic E-state index is 12.1. The van der Waals surface area contributed by atoms with Crippen LogP contribution in [0.3, 0.4) is 0 Å². The number of carbonyl (C=O) groups excluding carboxylic acids is 1. The highest BCUT2D eigenvalue weighted by molar-refractivity contribution is 5.78. The van der Waals surface area contributed by atoms with Crippen molar-refractivity contribution in [2.24, 2.45) is 17.8 Å². The van der Waals surface area contributed by atoms with E-state index in [2.05, 4.69) is 34.6 Å². The molecule has 0 saturated carbocycles. The van der Waals surface area contributed by atoms with Crippen LogP contribution in [0.4, 0.5) is 0 Å². The van der Waals surface area contributed by atoms with Crippen molar-refractivity contribution in [3.8, 4) is 0 Å². The second-order valence-electron chi connectivity index (χ2n) is 6.55. The summed E-state index contributed by atoms with van der Waals surface area (Å²) in [5.74, 6) is 1.86. The Balaban J connectivity index is 3.74. The second kappa shape index (κ2) is 9.41. The Morgan fingerprint density at radius 1 is 0.889 bits per heavy atom. The van der Waals surface area contributed by atoms with Gasteiger partial charge in [0.25, 0.3) is 0 Å². The zero-order valence-electron chi connectivity index (χ0n) is 13.3. The third-order valence-electron chi connectivity index (χ3n) is 3.36. The minimum Gasteiger partial charge on any atom is -0.345 e. The maximum atomic E-state index is 12.1. The van der Waals surface area contributed by atoms with Crippen LogP contribution in [-0.4, -0.2) is 24.4 Å². The summed E-state index contributed by atoms with van der Waals surface area (Å²) in [5, 5.41) is 0. The van der Waals surface area contributed by atoms with Gasteiger partial charge in [0.15, 0.2) is 0 Å². The summed E-state index contributed by atoms with van der Waals surface area (Å²) < 4.78 is 0. The van der Waals surface area contributed by atoms with Gasteiger partial charge >= 0.3 is 0 Å². The molecular formula is C16H33NO. The number of carbonyl (C=O) groups is 1. The van der Waals surface area contributed by atoms with Crippen LogP contribution >= 0.6 is 0 Å². The predicted octanol–water partition coefficient (Wildman–Crippen LogP) is 4.34. The van der Waals surface area contributed by atoms with Crippen molar-refractivity contribution < 1.29 is 4.79 Å². The molecule has 0 unspecified atom stereocenters. The molecular weight excluding hydrogens is 222 g/mol. The molecule has 0 fully saturated rings. The number of hydrogen-bond acceptors (Lipinski definition) is 1. The lowest BCUT2D eigenvalue weighted by Gasteiger charge is -2.23. The van der Waals surface area contributed by atoms with Gasteiger partial charge < -0.3 is 4.90 Å². The summed E-state index contributed by atoms with van der Waals surface area (Å²) in [6.07, 6.45) is 6.12. The summed E-state index contributed by atoms with van der Waals surface area (Å²) in [4.78, 5) is 14.0. The molecule has 0 saturated heterocycles. The van der Waals surface area contributed by atoms with Gasteiger partial charge in [0, 0.05) is 19.5 Å². The standard InChI is InChI=1S/C16H33NO/c1-13(2)10-8-7-9-11-15(5)16(18)17(6)12-14(3)4/h13-15H,7-12H2,1-6H3/t15-/m1/s1. The summed E-state index contributed by atoms with van der Waals surface area (Å²) >= 11 is 0. The van der Waals surface area contributed by atoms with Crippen LogP contribution in [0, 0.1) is 17.8 Å². The fourth-order valence-corrected chi connectivity index (χ4v) is 2.32. The van der Waals surface area contributed by atoms with Crippen LogP contribution in [0.2, 0.25) is 0 Å². The normalized spacial score (nSPS) is 13.1. The van der Waals surface area contributed by atoms with Crippen LogP contribution in [0.15, 0.2) is 0 Å². The minimum absolute atomic E-state index is 0.188. The second-order valence-corrected chi connectivity index (χ2v) is 6.55. The number of amides is 1. The van der Waals surface area contributed by atoms with Crippen molar-refractivity contribution in [1.82, 2.24) is 4.90 Å². The van der Waals surface area contributed by atoms with Crippen molar-refractivity contribution in [1.29, 1.82) is 0 Å². The van der Waals surface area contributed by atoms with Gasteiger partial charge in [-0.05, 0) is 18.3 Å². The molecule has 0 bridgehead atoms. The Morgan fingerprint density at radius 2 is 1.44 bits per heavy atom. The summed E-state index contributed by atoms with van der Waals surface area (Å²) in [5.41, 5.74) is 0. The lowest BCUT2D eigenvalue weighted by Crippen LogP contribution is -2.34. The number of hydrogen-bond donors (Lipinski definition) is 0. The van der Waals surface area contributed by atoms with Gasteiger partial charge in [-0.15, -0.1) is 0 Å². The molecule has 18 heavy (non-hydrogen) atoms. The smallest absolute Gasteiger partial charge is 0.225 e. The molecule has 0 aliphatic carbocycles. The van der Waals surface area contributed by atoms with Crippen molar-refractivity contribution in [2.75, 3.05) is 13.6 Å². The van der Waals surface area contributed by atoms with Crippen LogP contribution in [0.1, 0.15) is 66.7 Å². The first kappa shape index (κ1) is 17.5. The third kappa shape index (κ3) is 8.54. The van der Waals surface area contributed by atoms with E-state index in [1.54, 1.807) is 0 Å². The van der Waals surface area contributed by atoms with E-state index in [0.717, 1.165) is 18.9 Å². The topological polar surface area (TPSA) is 20.3 Å². The Labute approximate surface area is 114 Å². The summed E-state index contributed by atoms with van der Waals surface area (Å²) in [6, 6.07) is 0. The van der Waals surface area contributed by atoms with Crippen LogP contribution in [0.5, 0.6) is 0 Å². The van der Waals surface area contributed by atoms with E-state index < -0.39 is 0 Å². The van der Waals surface area contributed by atoms with Crippen molar-refractivity contribution in [3.63, 3.8) is 0 Å². The molecule has 1 atom stereocenters. The fourth-order valence-electron chi connectivity index (χ4n) is 2.32. The molecule has 108 valence electrons. The summed E-state index contributed by atoms with van der Waals surface area (Å²) in [6.45, 7) is 11.8. The Kier molecular flexibility index (Phi) is 9.13. The maximum Gasteiger partial charge on any atom is 0.225 e. The molecule has 1 amide bonds. The average Bonchev–Trinajstić information content (AvgIpc) is 2.25. The molecule has 0 aliphatic rings. The molecule has 0 spiro atoms. The molecule has 0 radical (unpaired) electrons. The van der Waals surface area contributed by atoms with Gasteiger partial charge in [-0.3, -0.25) is 4.79 Å². The zero-order chi connectivity index (χ0) is 14.1. The van der Waals surface area contributed by atoms with Crippen LogP contribution < -0.4 is 0 Å². The molecule has 0 aromatic carbocycles. The molecule has 2 heteroatoms. The van der Waals surface area contributed by atoms with E-state index in [-0.39, 0.29) is 5.92 Å². The van der Waals surface area contributed by atoms with E-state index in [0.29, 0.717) is 11.8 Å². The highest BCUT2D eigenvalue weighted by atomic mass is 16.2. The average molecular weight is 255 g/mol. The first-order valence-corrected chi connectivity index (χ1v) is 7.59. The van der Waals surface area contributed by atoms with E-state index in [1.165, 1.54) is 25.7 Å². The minimum atomic E-state index is 0.188. The first-order chi connectivity index (χ1) is 8.34. The molecule has 0 aromatic heterocycles. The van der Waals surface area contributed by atoms with Gasteiger partial charge in [0.1, 0.15) is 0 Å². The molecule has 0 rings (SSSR count). The summed E-state index contributed by atoms with van der Waals surface area (Å²) in [7, 11) is 1.93. The highest BCUT2D eigenvalue weighted by Crippen LogP contribution is 2.15. The molecule has 2 nitrogen and oxygen atoms in total. The lowest BCUT2D eigenvalue weighted by molar-refractivity contribution is -0.134. The SMILES string of the molecule is CC(C)CCCCC[C@@H](C)C(=O)N(C)CC(C)C. The highest BCUT2D eigenvalue weighted by Gasteiger charge is 2.17. The van der Waals surface area contributed by atoms with E-state index in [1.807, 2.05) is 11.9 Å². The Morgan fingerprint density at radius 3 is 1.94 bits per heavy atom. The number of nitrogens with zero attached hydrogens (tertiary/aromatic N) is 1. The Hall–Kier alpha value is -0.530.